The molecule has 0 bridgehead atoms. The van der Waals surface area contributed by atoms with Crippen molar-refractivity contribution in [2.75, 3.05) is 17.2 Å². The molecule has 0 spiro atoms. The first-order valence-corrected chi connectivity index (χ1v) is 8.66. The Balaban J connectivity index is 1.51. The van der Waals surface area contributed by atoms with Crippen LogP contribution in [0.5, 0.6) is 0 Å². The summed E-state index contributed by atoms with van der Waals surface area (Å²) in [5.41, 5.74) is 3.19. The van der Waals surface area contributed by atoms with Gasteiger partial charge in [0.1, 0.15) is 5.82 Å². The normalized spacial score (nSPS) is 11.0. The van der Waals surface area contributed by atoms with Crippen molar-refractivity contribution >= 4 is 28.3 Å². The average Bonchev–Trinajstić information content (AvgIpc) is 2.99. The molecule has 0 aliphatic carbocycles. The molecule has 0 fully saturated rings. The minimum Gasteiger partial charge on any atom is -0.370 e. The Morgan fingerprint density at radius 1 is 1.20 bits per heavy atom. The predicted octanol–water partition coefficient (Wildman–Crippen LogP) is 4.20. The van der Waals surface area contributed by atoms with Gasteiger partial charge in [-0.2, -0.15) is 0 Å². The summed E-state index contributed by atoms with van der Waals surface area (Å²) in [6, 6.07) is 12.1. The largest absolute Gasteiger partial charge is 0.370 e. The Kier molecular flexibility index (Phi) is 5.33. The fraction of sp³-hybridized carbons (Fsp3) is 0.300. The monoisotopic (exact) mass is 336 g/mol. The topological polar surface area (TPSA) is 69.8 Å². The van der Waals surface area contributed by atoms with Gasteiger partial charge >= 0.3 is 0 Å². The second-order valence-corrected chi connectivity index (χ2v) is 6.61. The Morgan fingerprint density at radius 3 is 2.80 bits per heavy atom. The number of fused-ring (bicyclic) bond motifs is 1. The number of carbonyl (C=O) groups is 1. The van der Waals surface area contributed by atoms with Crippen LogP contribution in [-0.2, 0) is 11.2 Å². The molecular weight excluding hydrogens is 312 g/mol. The summed E-state index contributed by atoms with van der Waals surface area (Å²) in [6.45, 7) is 4.85. The van der Waals surface area contributed by atoms with E-state index >= 15 is 0 Å². The Labute approximate surface area is 147 Å². The van der Waals surface area contributed by atoms with Gasteiger partial charge in [-0.1, -0.05) is 32.0 Å². The van der Waals surface area contributed by atoms with Crippen molar-refractivity contribution in [3.63, 3.8) is 0 Å². The third-order valence-electron chi connectivity index (χ3n) is 4.02. The van der Waals surface area contributed by atoms with Crippen molar-refractivity contribution in [3.8, 4) is 0 Å². The minimum absolute atomic E-state index is 0.0249. The first-order valence-electron chi connectivity index (χ1n) is 8.66. The van der Waals surface area contributed by atoms with Crippen LogP contribution in [0.2, 0.25) is 0 Å². The molecule has 0 aliphatic heterocycles. The minimum atomic E-state index is 0.0249. The summed E-state index contributed by atoms with van der Waals surface area (Å²) in [5, 5.41) is 7.45. The molecule has 5 nitrogen and oxygen atoms in total. The number of nitrogens with zero attached hydrogens (tertiary/aromatic N) is 1. The van der Waals surface area contributed by atoms with Crippen molar-refractivity contribution < 1.29 is 4.79 Å². The number of hydrogen-bond donors (Lipinski definition) is 3. The molecule has 1 aromatic carbocycles. The van der Waals surface area contributed by atoms with Crippen molar-refractivity contribution in [2.45, 2.75) is 26.7 Å². The molecule has 0 radical (unpaired) electrons. The quantitative estimate of drug-likeness (QED) is 0.605. The summed E-state index contributed by atoms with van der Waals surface area (Å²) in [4.78, 5) is 19.4. The summed E-state index contributed by atoms with van der Waals surface area (Å²) in [7, 11) is 0. The summed E-state index contributed by atoms with van der Waals surface area (Å²) < 4.78 is 0. The summed E-state index contributed by atoms with van der Waals surface area (Å²) >= 11 is 0. The number of aromatic amines is 1. The molecule has 3 aromatic rings. The first-order chi connectivity index (χ1) is 12.1. The number of pyridine rings is 1. The molecule has 5 heteroatoms. The summed E-state index contributed by atoms with van der Waals surface area (Å²) in [6.07, 6.45) is 5.18. The third-order valence-corrected chi connectivity index (χ3v) is 4.02. The van der Waals surface area contributed by atoms with Gasteiger partial charge in [-0.25, -0.2) is 4.98 Å². The van der Waals surface area contributed by atoms with Gasteiger partial charge in [0.05, 0.1) is 11.9 Å². The molecule has 2 heterocycles. The molecule has 0 unspecified atom stereocenters. The lowest BCUT2D eigenvalue weighted by atomic mass is 10.1. The molecule has 2 aromatic heterocycles. The molecule has 130 valence electrons. The Bertz CT molecular complexity index is 836. The van der Waals surface area contributed by atoms with Crippen molar-refractivity contribution in [1.29, 1.82) is 0 Å². The predicted molar refractivity (Wildman–Crippen MR) is 103 cm³/mol. The number of aromatic nitrogens is 2. The van der Waals surface area contributed by atoms with Gasteiger partial charge in [-0.15, -0.1) is 0 Å². The van der Waals surface area contributed by atoms with Gasteiger partial charge in [-0.3, -0.25) is 4.79 Å². The summed E-state index contributed by atoms with van der Waals surface area (Å²) in [5.74, 6) is 1.18. The zero-order valence-corrected chi connectivity index (χ0v) is 14.7. The van der Waals surface area contributed by atoms with E-state index in [0.717, 1.165) is 30.0 Å². The second kappa shape index (κ2) is 7.83. The van der Waals surface area contributed by atoms with Gasteiger partial charge < -0.3 is 15.6 Å². The molecule has 3 N–H and O–H groups in total. The van der Waals surface area contributed by atoms with Crippen molar-refractivity contribution in [1.82, 2.24) is 9.97 Å². The smallest absolute Gasteiger partial charge is 0.224 e. The number of carbonyl (C=O) groups excluding carboxylic acids is 1. The van der Waals surface area contributed by atoms with Crippen LogP contribution >= 0.6 is 0 Å². The van der Waals surface area contributed by atoms with Crippen LogP contribution in [0.1, 0.15) is 25.8 Å². The van der Waals surface area contributed by atoms with Crippen LogP contribution in [0.25, 0.3) is 10.9 Å². The SMILES string of the molecule is CC(C)CC(=O)Nc1ccc(NCCc2c[nH]c3ccccc23)nc1. The second-order valence-electron chi connectivity index (χ2n) is 6.61. The van der Waals surface area contributed by atoms with Crippen LogP contribution in [-0.4, -0.2) is 22.4 Å². The maximum absolute atomic E-state index is 11.8. The number of nitrogens with one attached hydrogen (secondary N) is 3. The zero-order chi connectivity index (χ0) is 17.6. The van der Waals surface area contributed by atoms with E-state index in [-0.39, 0.29) is 5.91 Å². The maximum Gasteiger partial charge on any atom is 0.224 e. The van der Waals surface area contributed by atoms with E-state index in [1.54, 1.807) is 6.20 Å². The highest BCUT2D eigenvalue weighted by Crippen LogP contribution is 2.18. The fourth-order valence-corrected chi connectivity index (χ4v) is 2.82. The van der Waals surface area contributed by atoms with Gasteiger partial charge in [0.2, 0.25) is 5.91 Å². The molecule has 0 saturated carbocycles. The molecule has 0 atom stereocenters. The van der Waals surface area contributed by atoms with Crippen molar-refractivity contribution in [3.05, 3.63) is 54.4 Å². The Morgan fingerprint density at radius 2 is 2.04 bits per heavy atom. The number of anilines is 2. The molecular formula is C20H24N4O. The molecule has 25 heavy (non-hydrogen) atoms. The van der Waals surface area contributed by atoms with Gasteiger partial charge in [-0.05, 0) is 36.1 Å². The molecule has 0 aliphatic rings. The number of amides is 1. The molecule has 3 rings (SSSR count). The highest BCUT2D eigenvalue weighted by molar-refractivity contribution is 5.90. The lowest BCUT2D eigenvalue weighted by Gasteiger charge is -2.08. The number of rotatable bonds is 7. The van der Waals surface area contributed by atoms with E-state index in [9.17, 15) is 4.79 Å². The van der Waals surface area contributed by atoms with Crippen LogP contribution in [0, 0.1) is 5.92 Å². The van der Waals surface area contributed by atoms with E-state index in [2.05, 4.69) is 45.0 Å². The number of hydrogen-bond acceptors (Lipinski definition) is 3. The fourth-order valence-electron chi connectivity index (χ4n) is 2.82. The van der Waals surface area contributed by atoms with E-state index in [0.29, 0.717) is 12.3 Å². The van der Waals surface area contributed by atoms with E-state index < -0.39 is 0 Å². The van der Waals surface area contributed by atoms with Gasteiger partial charge in [0, 0.05) is 30.1 Å². The van der Waals surface area contributed by atoms with Crippen LogP contribution < -0.4 is 10.6 Å². The highest BCUT2D eigenvalue weighted by atomic mass is 16.1. The number of para-hydroxylation sites is 1. The van der Waals surface area contributed by atoms with Crippen LogP contribution in [0.4, 0.5) is 11.5 Å². The average molecular weight is 336 g/mol. The lowest BCUT2D eigenvalue weighted by Crippen LogP contribution is -2.14. The van der Waals surface area contributed by atoms with Gasteiger partial charge in [0.15, 0.2) is 0 Å². The maximum atomic E-state index is 11.8. The zero-order valence-electron chi connectivity index (χ0n) is 14.7. The molecule has 0 saturated heterocycles. The Hall–Kier alpha value is -2.82. The van der Waals surface area contributed by atoms with Crippen LogP contribution in [0.3, 0.4) is 0 Å². The third kappa shape index (κ3) is 4.59. The van der Waals surface area contributed by atoms with Crippen LogP contribution in [0.15, 0.2) is 48.8 Å². The number of benzene rings is 1. The lowest BCUT2D eigenvalue weighted by molar-refractivity contribution is -0.116. The highest BCUT2D eigenvalue weighted by Gasteiger charge is 2.06. The first kappa shape index (κ1) is 17.0. The standard InChI is InChI=1S/C20H24N4O/c1-14(2)11-20(25)24-16-7-8-19(23-13-16)21-10-9-15-12-22-18-6-4-3-5-17(15)18/h3-8,12-14,22H,9-11H2,1-2H3,(H,21,23)(H,24,25). The van der Waals surface area contributed by atoms with E-state index in [1.165, 1.54) is 10.9 Å². The van der Waals surface area contributed by atoms with Crippen molar-refractivity contribution in [2.24, 2.45) is 5.92 Å². The van der Waals surface area contributed by atoms with E-state index in [1.807, 2.05) is 32.0 Å². The number of H-pyrrole nitrogens is 1. The van der Waals surface area contributed by atoms with Gasteiger partial charge in [0.25, 0.3) is 0 Å². The van der Waals surface area contributed by atoms with E-state index in [4.69, 9.17) is 0 Å². The molecule has 1 amide bonds.